The number of carbonyl (C=O) groups excluding carboxylic acids is 1. The Balaban J connectivity index is 1.93. The highest BCUT2D eigenvalue weighted by atomic mass is 32.1. The van der Waals surface area contributed by atoms with Crippen LogP contribution in [0.3, 0.4) is 0 Å². The maximum atomic E-state index is 11.2. The Morgan fingerprint density at radius 1 is 1.50 bits per heavy atom. The maximum absolute atomic E-state index is 11.2. The standard InChI is InChI=1S/C10H15N3O2S/c1-15-6-8(14)11-10-13-12-9(16-10)7-4-2-3-5-7/h7H,2-6H2,1H3,(H,11,13,14). The quantitative estimate of drug-likeness (QED) is 0.872. The number of methoxy groups -OCH3 is 1. The second-order valence-electron chi connectivity index (χ2n) is 3.91. The van der Waals surface area contributed by atoms with E-state index < -0.39 is 0 Å². The van der Waals surface area contributed by atoms with Crippen LogP contribution in [0.1, 0.15) is 36.6 Å². The molecule has 0 atom stereocenters. The third-order valence-electron chi connectivity index (χ3n) is 2.67. The molecule has 6 heteroatoms. The Bertz CT molecular complexity index is 361. The van der Waals surface area contributed by atoms with Gasteiger partial charge in [0.2, 0.25) is 5.13 Å². The van der Waals surface area contributed by atoms with E-state index in [0.29, 0.717) is 11.0 Å². The van der Waals surface area contributed by atoms with Gasteiger partial charge in [0, 0.05) is 13.0 Å². The van der Waals surface area contributed by atoms with E-state index in [1.54, 1.807) is 0 Å². The highest BCUT2D eigenvalue weighted by Crippen LogP contribution is 2.36. The van der Waals surface area contributed by atoms with E-state index >= 15 is 0 Å². The van der Waals surface area contributed by atoms with Crippen LogP contribution in [0.15, 0.2) is 0 Å². The molecule has 2 rings (SSSR count). The second-order valence-corrected chi connectivity index (χ2v) is 4.92. The summed E-state index contributed by atoms with van der Waals surface area (Å²) in [5, 5.41) is 12.4. The lowest BCUT2D eigenvalue weighted by Crippen LogP contribution is -2.16. The molecule has 1 heterocycles. The molecule has 1 aromatic rings. The number of carbonyl (C=O) groups is 1. The van der Waals surface area contributed by atoms with Crippen molar-refractivity contribution in [1.29, 1.82) is 0 Å². The minimum absolute atomic E-state index is 0.0539. The summed E-state index contributed by atoms with van der Waals surface area (Å²) < 4.78 is 4.73. The summed E-state index contributed by atoms with van der Waals surface area (Å²) in [6, 6.07) is 0. The molecule has 88 valence electrons. The van der Waals surface area contributed by atoms with Gasteiger partial charge in [-0.25, -0.2) is 0 Å². The van der Waals surface area contributed by atoms with E-state index in [1.807, 2.05) is 0 Å². The molecular formula is C10H15N3O2S. The molecule has 16 heavy (non-hydrogen) atoms. The summed E-state index contributed by atoms with van der Waals surface area (Å²) >= 11 is 1.47. The molecule has 1 aliphatic carbocycles. The van der Waals surface area contributed by atoms with Crippen molar-refractivity contribution < 1.29 is 9.53 Å². The third kappa shape index (κ3) is 2.76. The first-order valence-electron chi connectivity index (χ1n) is 5.42. The third-order valence-corrected chi connectivity index (χ3v) is 3.67. The first kappa shape index (κ1) is 11.5. The predicted octanol–water partition coefficient (Wildman–Crippen LogP) is 1.78. The van der Waals surface area contributed by atoms with Crippen LogP contribution >= 0.6 is 11.3 Å². The van der Waals surface area contributed by atoms with Crippen molar-refractivity contribution in [3.05, 3.63) is 5.01 Å². The smallest absolute Gasteiger partial charge is 0.252 e. The van der Waals surface area contributed by atoms with Crippen LogP contribution in [-0.4, -0.2) is 29.8 Å². The van der Waals surface area contributed by atoms with E-state index in [0.717, 1.165) is 5.01 Å². The van der Waals surface area contributed by atoms with E-state index in [4.69, 9.17) is 4.74 Å². The zero-order chi connectivity index (χ0) is 11.4. The number of nitrogens with one attached hydrogen (secondary N) is 1. The van der Waals surface area contributed by atoms with Crippen LogP contribution in [0.25, 0.3) is 0 Å². The average Bonchev–Trinajstić information content (AvgIpc) is 2.86. The predicted molar refractivity (Wildman–Crippen MR) is 61.6 cm³/mol. The second kappa shape index (κ2) is 5.36. The molecule has 0 unspecified atom stereocenters. The number of amides is 1. The first-order chi connectivity index (χ1) is 7.79. The molecule has 0 bridgehead atoms. The molecule has 0 radical (unpaired) electrons. The average molecular weight is 241 g/mol. The van der Waals surface area contributed by atoms with Gasteiger partial charge in [-0.3, -0.25) is 10.1 Å². The molecular weight excluding hydrogens is 226 g/mol. The highest BCUT2D eigenvalue weighted by Gasteiger charge is 2.21. The van der Waals surface area contributed by atoms with Gasteiger partial charge < -0.3 is 4.74 Å². The van der Waals surface area contributed by atoms with Crippen LogP contribution in [0, 0.1) is 0 Å². The van der Waals surface area contributed by atoms with Gasteiger partial charge in [-0.1, -0.05) is 24.2 Å². The fourth-order valence-electron chi connectivity index (χ4n) is 1.91. The van der Waals surface area contributed by atoms with E-state index in [9.17, 15) is 4.79 Å². The molecule has 1 aromatic heterocycles. The van der Waals surface area contributed by atoms with E-state index in [2.05, 4.69) is 15.5 Å². The molecule has 0 aliphatic heterocycles. The Morgan fingerprint density at radius 2 is 2.25 bits per heavy atom. The number of ether oxygens (including phenoxy) is 1. The lowest BCUT2D eigenvalue weighted by molar-refractivity contribution is -0.119. The molecule has 1 aliphatic rings. The number of nitrogens with zero attached hydrogens (tertiary/aromatic N) is 2. The topological polar surface area (TPSA) is 64.1 Å². The fourth-order valence-corrected chi connectivity index (χ4v) is 2.84. The summed E-state index contributed by atoms with van der Waals surface area (Å²) in [6.45, 7) is 0.0539. The zero-order valence-electron chi connectivity index (χ0n) is 9.23. The van der Waals surface area contributed by atoms with Gasteiger partial charge in [0.25, 0.3) is 5.91 Å². The van der Waals surface area contributed by atoms with Gasteiger partial charge in [0.15, 0.2) is 0 Å². The van der Waals surface area contributed by atoms with Gasteiger partial charge in [-0.15, -0.1) is 10.2 Å². The minimum Gasteiger partial charge on any atom is -0.375 e. The van der Waals surface area contributed by atoms with Gasteiger partial charge in [-0.2, -0.15) is 0 Å². The summed E-state index contributed by atoms with van der Waals surface area (Å²) in [5.41, 5.74) is 0. The van der Waals surface area contributed by atoms with Gasteiger partial charge in [0.1, 0.15) is 11.6 Å². The van der Waals surface area contributed by atoms with Crippen LogP contribution < -0.4 is 5.32 Å². The normalized spacial score (nSPS) is 16.6. The van der Waals surface area contributed by atoms with E-state index in [1.165, 1.54) is 44.1 Å². The molecule has 1 fully saturated rings. The van der Waals surface area contributed by atoms with Gasteiger partial charge in [0.05, 0.1) is 0 Å². The minimum atomic E-state index is -0.184. The first-order valence-corrected chi connectivity index (χ1v) is 6.23. The summed E-state index contributed by atoms with van der Waals surface area (Å²) in [4.78, 5) is 11.2. The van der Waals surface area contributed by atoms with Crippen LogP contribution in [0.4, 0.5) is 5.13 Å². The lowest BCUT2D eigenvalue weighted by atomic mass is 10.1. The highest BCUT2D eigenvalue weighted by molar-refractivity contribution is 7.15. The Labute approximate surface area is 98.2 Å². The van der Waals surface area contributed by atoms with Crippen LogP contribution in [-0.2, 0) is 9.53 Å². The maximum Gasteiger partial charge on any atom is 0.252 e. The summed E-state index contributed by atoms with van der Waals surface area (Å²) in [5.74, 6) is 0.363. The number of rotatable bonds is 4. The monoisotopic (exact) mass is 241 g/mol. The lowest BCUT2D eigenvalue weighted by Gasteiger charge is -2.01. The van der Waals surface area contributed by atoms with Crippen molar-refractivity contribution in [2.24, 2.45) is 0 Å². The number of hydrogen-bond acceptors (Lipinski definition) is 5. The molecule has 0 spiro atoms. The Kier molecular flexibility index (Phi) is 3.84. The largest absolute Gasteiger partial charge is 0.375 e. The van der Waals surface area contributed by atoms with Crippen LogP contribution in [0.2, 0.25) is 0 Å². The molecule has 1 N–H and O–H groups in total. The Morgan fingerprint density at radius 3 is 2.94 bits per heavy atom. The SMILES string of the molecule is COCC(=O)Nc1nnc(C2CCCC2)s1. The van der Waals surface area contributed by atoms with Crippen molar-refractivity contribution in [3.63, 3.8) is 0 Å². The van der Waals surface area contributed by atoms with Crippen molar-refractivity contribution in [3.8, 4) is 0 Å². The summed E-state index contributed by atoms with van der Waals surface area (Å²) in [7, 11) is 1.49. The van der Waals surface area contributed by atoms with Crippen LogP contribution in [0.5, 0.6) is 0 Å². The van der Waals surface area contributed by atoms with E-state index in [-0.39, 0.29) is 12.5 Å². The molecule has 0 saturated heterocycles. The number of aromatic nitrogens is 2. The molecule has 1 saturated carbocycles. The van der Waals surface area contributed by atoms with Crippen molar-refractivity contribution in [2.45, 2.75) is 31.6 Å². The Hall–Kier alpha value is -1.01. The molecule has 0 aromatic carbocycles. The number of anilines is 1. The molecule has 5 nitrogen and oxygen atoms in total. The van der Waals surface area contributed by atoms with Crippen molar-refractivity contribution in [2.75, 3.05) is 19.0 Å². The van der Waals surface area contributed by atoms with Crippen molar-refractivity contribution in [1.82, 2.24) is 10.2 Å². The molecule has 1 amide bonds. The van der Waals surface area contributed by atoms with Gasteiger partial charge >= 0.3 is 0 Å². The number of hydrogen-bond donors (Lipinski definition) is 1. The van der Waals surface area contributed by atoms with Crippen molar-refractivity contribution >= 4 is 22.4 Å². The zero-order valence-corrected chi connectivity index (χ0v) is 10.0. The van der Waals surface area contributed by atoms with Gasteiger partial charge in [-0.05, 0) is 12.8 Å². The summed E-state index contributed by atoms with van der Waals surface area (Å²) in [6.07, 6.45) is 4.94. The fraction of sp³-hybridized carbons (Fsp3) is 0.700.